The van der Waals surface area contributed by atoms with Crippen LogP contribution in [0.25, 0.3) is 0 Å². The smallest absolute Gasteiger partial charge is 0.410 e. The minimum Gasteiger partial charge on any atom is -0.469 e. The Labute approximate surface area is 117 Å². The highest BCUT2D eigenvalue weighted by Gasteiger charge is 2.66. The van der Waals surface area contributed by atoms with Crippen molar-refractivity contribution in [2.75, 3.05) is 20.2 Å². The Morgan fingerprint density at radius 2 is 2.00 bits per heavy atom. The zero-order chi connectivity index (χ0) is 14.2. The van der Waals surface area contributed by atoms with E-state index in [1.807, 2.05) is 30.3 Å². The second kappa shape index (κ2) is 4.81. The number of esters is 1. The molecule has 106 valence electrons. The maximum Gasteiger partial charge on any atom is 0.410 e. The Hall–Kier alpha value is -2.04. The van der Waals surface area contributed by atoms with Gasteiger partial charge in [0.1, 0.15) is 6.61 Å². The fourth-order valence-corrected chi connectivity index (χ4v) is 2.83. The van der Waals surface area contributed by atoms with Crippen molar-refractivity contribution in [2.45, 2.75) is 13.0 Å². The summed E-state index contributed by atoms with van der Waals surface area (Å²) in [7, 11) is 1.40. The van der Waals surface area contributed by atoms with E-state index in [1.54, 1.807) is 4.90 Å². The van der Waals surface area contributed by atoms with Crippen LogP contribution in [0.5, 0.6) is 0 Å². The molecule has 2 fully saturated rings. The molecule has 1 aliphatic carbocycles. The van der Waals surface area contributed by atoms with Gasteiger partial charge in [0.25, 0.3) is 0 Å². The van der Waals surface area contributed by atoms with Crippen molar-refractivity contribution >= 4 is 12.1 Å². The molecule has 0 radical (unpaired) electrons. The van der Waals surface area contributed by atoms with Crippen molar-refractivity contribution < 1.29 is 19.1 Å². The average Bonchev–Trinajstić information content (AvgIpc) is 3.19. The number of carbonyl (C=O) groups excluding carboxylic acids is 2. The maximum absolute atomic E-state index is 11.8. The van der Waals surface area contributed by atoms with Crippen molar-refractivity contribution in [2.24, 2.45) is 11.3 Å². The monoisotopic (exact) mass is 275 g/mol. The lowest BCUT2D eigenvalue weighted by Gasteiger charge is -2.39. The van der Waals surface area contributed by atoms with Gasteiger partial charge in [-0.2, -0.15) is 0 Å². The highest BCUT2D eigenvalue weighted by atomic mass is 16.6. The standard InChI is InChI=1S/C15H17NO4/c1-19-13(17)12-7-15(12)9-16(10-15)14(18)20-8-11-5-3-2-4-6-11/h2-6,12H,7-10H2,1H3. The van der Waals surface area contributed by atoms with Crippen LogP contribution in [0.2, 0.25) is 0 Å². The molecule has 5 nitrogen and oxygen atoms in total. The van der Waals surface area contributed by atoms with Gasteiger partial charge in [-0.05, 0) is 12.0 Å². The number of amides is 1. The highest BCUT2D eigenvalue weighted by Crippen LogP contribution is 2.59. The number of methoxy groups -OCH3 is 1. The third-order valence-corrected chi connectivity index (χ3v) is 4.15. The summed E-state index contributed by atoms with van der Waals surface area (Å²) in [6, 6.07) is 9.57. The van der Waals surface area contributed by atoms with Crippen LogP contribution < -0.4 is 0 Å². The Morgan fingerprint density at radius 3 is 2.65 bits per heavy atom. The Balaban J connectivity index is 1.44. The largest absolute Gasteiger partial charge is 0.469 e. The van der Waals surface area contributed by atoms with E-state index in [9.17, 15) is 9.59 Å². The molecule has 0 bridgehead atoms. The molecule has 1 saturated heterocycles. The molecule has 0 N–H and O–H groups in total. The fourth-order valence-electron chi connectivity index (χ4n) is 2.83. The van der Waals surface area contributed by atoms with Crippen molar-refractivity contribution in [3.05, 3.63) is 35.9 Å². The van der Waals surface area contributed by atoms with Gasteiger partial charge in [0, 0.05) is 18.5 Å². The number of ether oxygens (including phenoxy) is 2. The molecule has 1 aliphatic heterocycles. The van der Waals surface area contributed by atoms with Gasteiger partial charge in [-0.1, -0.05) is 30.3 Å². The number of benzene rings is 1. The molecular weight excluding hydrogens is 258 g/mol. The fraction of sp³-hybridized carbons (Fsp3) is 0.467. The molecule has 0 aromatic heterocycles. The Bertz CT molecular complexity index is 522. The summed E-state index contributed by atoms with van der Waals surface area (Å²) < 4.78 is 9.98. The number of nitrogens with zero attached hydrogens (tertiary/aromatic N) is 1. The summed E-state index contributed by atoms with van der Waals surface area (Å²) in [5, 5.41) is 0. The molecule has 2 aliphatic rings. The van der Waals surface area contributed by atoms with Crippen LogP contribution in [0, 0.1) is 11.3 Å². The van der Waals surface area contributed by atoms with Crippen LogP contribution in [-0.4, -0.2) is 37.2 Å². The maximum atomic E-state index is 11.8. The molecule has 1 aromatic rings. The SMILES string of the molecule is COC(=O)C1CC12CN(C(=O)OCc1ccccc1)C2. The molecule has 20 heavy (non-hydrogen) atoms. The summed E-state index contributed by atoms with van der Waals surface area (Å²) in [5.41, 5.74) is 0.939. The molecule has 1 amide bonds. The van der Waals surface area contributed by atoms with Crippen LogP contribution in [-0.2, 0) is 20.9 Å². The first-order chi connectivity index (χ1) is 9.64. The normalized spacial score (nSPS) is 22.1. The predicted octanol–water partition coefficient (Wildman–Crippen LogP) is 1.82. The number of hydrogen-bond acceptors (Lipinski definition) is 4. The average molecular weight is 275 g/mol. The van der Waals surface area contributed by atoms with Crippen LogP contribution in [0.15, 0.2) is 30.3 Å². The lowest BCUT2D eigenvalue weighted by Crippen LogP contribution is -2.53. The minimum absolute atomic E-state index is 0.0289. The molecule has 1 heterocycles. The van der Waals surface area contributed by atoms with Gasteiger partial charge in [0.05, 0.1) is 13.0 Å². The van der Waals surface area contributed by atoms with Crippen LogP contribution in [0.4, 0.5) is 4.79 Å². The Kier molecular flexibility index (Phi) is 3.12. The van der Waals surface area contributed by atoms with Crippen molar-refractivity contribution in [3.8, 4) is 0 Å². The number of likely N-dealkylation sites (tertiary alicyclic amines) is 1. The third kappa shape index (κ3) is 2.24. The zero-order valence-electron chi connectivity index (χ0n) is 11.4. The third-order valence-electron chi connectivity index (χ3n) is 4.15. The topological polar surface area (TPSA) is 55.8 Å². The highest BCUT2D eigenvalue weighted by molar-refractivity contribution is 5.79. The van der Waals surface area contributed by atoms with Crippen LogP contribution >= 0.6 is 0 Å². The van der Waals surface area contributed by atoms with E-state index in [4.69, 9.17) is 9.47 Å². The van der Waals surface area contributed by atoms with Gasteiger partial charge >= 0.3 is 12.1 Å². The molecule has 1 atom stereocenters. The minimum atomic E-state index is -0.310. The summed E-state index contributed by atoms with van der Waals surface area (Å²) in [6.07, 6.45) is 0.511. The van der Waals surface area contributed by atoms with Crippen molar-refractivity contribution in [1.82, 2.24) is 4.90 Å². The number of hydrogen-bond donors (Lipinski definition) is 0. The first-order valence-corrected chi connectivity index (χ1v) is 6.68. The van der Waals surface area contributed by atoms with Gasteiger partial charge in [0.15, 0.2) is 0 Å². The molecular formula is C15H17NO4. The lowest BCUT2D eigenvalue weighted by atomic mass is 9.94. The molecule has 1 aromatic carbocycles. The van der Waals surface area contributed by atoms with Gasteiger partial charge in [0.2, 0.25) is 0 Å². The molecule has 1 unspecified atom stereocenters. The molecule has 1 saturated carbocycles. The van der Waals surface area contributed by atoms with E-state index in [1.165, 1.54) is 7.11 Å². The molecule has 5 heteroatoms. The summed E-state index contributed by atoms with van der Waals surface area (Å²) in [5.74, 6) is -0.201. The van der Waals surface area contributed by atoms with Gasteiger partial charge < -0.3 is 14.4 Å². The lowest BCUT2D eigenvalue weighted by molar-refractivity contribution is -0.144. The summed E-state index contributed by atoms with van der Waals surface area (Å²) in [6.45, 7) is 1.48. The van der Waals surface area contributed by atoms with Crippen molar-refractivity contribution in [1.29, 1.82) is 0 Å². The molecule has 1 spiro atoms. The second-order valence-corrected chi connectivity index (χ2v) is 5.54. The summed E-state index contributed by atoms with van der Waals surface area (Å²) in [4.78, 5) is 24.9. The summed E-state index contributed by atoms with van der Waals surface area (Å²) >= 11 is 0. The number of rotatable bonds is 3. The number of carbonyl (C=O) groups is 2. The van der Waals surface area contributed by atoms with Crippen molar-refractivity contribution in [3.63, 3.8) is 0 Å². The van der Waals surface area contributed by atoms with Gasteiger partial charge in [-0.25, -0.2) is 4.79 Å². The van der Waals surface area contributed by atoms with E-state index < -0.39 is 0 Å². The van der Waals surface area contributed by atoms with E-state index in [-0.39, 0.29) is 30.0 Å². The quantitative estimate of drug-likeness (QED) is 0.790. The van der Waals surface area contributed by atoms with Gasteiger partial charge in [-0.3, -0.25) is 4.79 Å². The zero-order valence-corrected chi connectivity index (χ0v) is 11.4. The van der Waals surface area contributed by atoms with E-state index in [2.05, 4.69) is 0 Å². The first-order valence-electron chi connectivity index (χ1n) is 6.68. The van der Waals surface area contributed by atoms with Crippen LogP contribution in [0.1, 0.15) is 12.0 Å². The second-order valence-electron chi connectivity index (χ2n) is 5.54. The van der Waals surface area contributed by atoms with Crippen LogP contribution in [0.3, 0.4) is 0 Å². The van der Waals surface area contributed by atoms with E-state index in [0.717, 1.165) is 12.0 Å². The van der Waals surface area contributed by atoms with E-state index in [0.29, 0.717) is 13.1 Å². The van der Waals surface area contributed by atoms with E-state index >= 15 is 0 Å². The first kappa shape index (κ1) is 13.0. The Morgan fingerprint density at radius 1 is 1.30 bits per heavy atom. The van der Waals surface area contributed by atoms with Gasteiger partial charge in [-0.15, -0.1) is 0 Å². The molecule has 3 rings (SSSR count). The predicted molar refractivity (Wildman–Crippen MR) is 70.8 cm³/mol.